The Balaban J connectivity index is 2.00. The van der Waals surface area contributed by atoms with E-state index < -0.39 is 5.97 Å². The first kappa shape index (κ1) is 18.7. The van der Waals surface area contributed by atoms with Crippen molar-refractivity contribution in [2.75, 3.05) is 25.0 Å². The van der Waals surface area contributed by atoms with Gasteiger partial charge in [-0.1, -0.05) is 23.2 Å². The molecule has 5 nitrogen and oxygen atoms in total. The van der Waals surface area contributed by atoms with Gasteiger partial charge < -0.3 is 19.3 Å². The first-order chi connectivity index (χ1) is 11.5. The number of esters is 1. The van der Waals surface area contributed by atoms with Crippen LogP contribution in [-0.4, -0.2) is 31.4 Å². The lowest BCUT2D eigenvalue weighted by Gasteiger charge is -2.09. The summed E-state index contributed by atoms with van der Waals surface area (Å²) in [7, 11) is 1.51. The second-order valence-electron chi connectivity index (χ2n) is 4.67. The number of methoxy groups -OCH3 is 1. The molecule has 2 N–H and O–H groups in total. The smallest absolute Gasteiger partial charge is 0.341 e. The number of rotatable bonds is 7. The zero-order valence-corrected chi connectivity index (χ0v) is 15.0. The van der Waals surface area contributed by atoms with Crippen LogP contribution < -0.4 is 4.72 Å². The van der Waals surface area contributed by atoms with Gasteiger partial charge in [-0.15, -0.1) is 0 Å². The summed E-state index contributed by atoms with van der Waals surface area (Å²) in [6.45, 7) is 0.422. The maximum absolute atomic E-state index is 11.8. The molecule has 0 aromatic heterocycles. The minimum atomic E-state index is -0.606. The third-order valence-corrected chi connectivity index (χ3v) is 4.11. The summed E-state index contributed by atoms with van der Waals surface area (Å²) in [5.41, 5.74) is 0.703. The van der Waals surface area contributed by atoms with Gasteiger partial charge in [0.1, 0.15) is 17.9 Å². The number of ether oxygens (including phenoxy) is 2. The summed E-state index contributed by atoms with van der Waals surface area (Å²) < 4.78 is 12.8. The lowest BCUT2D eigenvalue weighted by Crippen LogP contribution is -2.10. The fourth-order valence-electron chi connectivity index (χ4n) is 1.77. The zero-order valence-electron chi connectivity index (χ0n) is 12.7. The Morgan fingerprint density at radius 2 is 1.88 bits per heavy atom. The summed E-state index contributed by atoms with van der Waals surface area (Å²) in [4.78, 5) is 12.6. The molecule has 0 aliphatic heterocycles. The number of hydrogen-bond donors (Lipinski definition) is 2. The van der Waals surface area contributed by atoms with Crippen LogP contribution in [0.1, 0.15) is 10.4 Å². The number of carbonyl (C=O) groups excluding carboxylic acids is 1. The third-order valence-electron chi connectivity index (χ3n) is 2.86. The normalized spacial score (nSPS) is 10.5. The Kier molecular flexibility index (Phi) is 7.05. The zero-order chi connectivity index (χ0) is 17.5. The van der Waals surface area contributed by atoms with Crippen molar-refractivity contribution in [2.45, 2.75) is 4.90 Å². The maximum Gasteiger partial charge on any atom is 0.341 e. The van der Waals surface area contributed by atoms with Gasteiger partial charge in [0, 0.05) is 33.8 Å². The quantitative estimate of drug-likeness (QED) is 0.410. The Labute approximate surface area is 154 Å². The summed E-state index contributed by atoms with van der Waals surface area (Å²) >= 11 is 13.2. The molecule has 0 saturated carbocycles. The van der Waals surface area contributed by atoms with E-state index in [1.54, 1.807) is 24.3 Å². The van der Waals surface area contributed by atoms with E-state index in [1.165, 1.54) is 31.2 Å². The van der Waals surface area contributed by atoms with Crippen molar-refractivity contribution in [2.24, 2.45) is 0 Å². The average Bonchev–Trinajstić information content (AvgIpc) is 2.52. The first-order valence-corrected chi connectivity index (χ1v) is 8.45. The van der Waals surface area contributed by atoms with E-state index in [1.807, 2.05) is 0 Å². The molecule has 0 amide bonds. The second-order valence-corrected chi connectivity index (χ2v) is 6.42. The lowest BCUT2D eigenvalue weighted by atomic mass is 10.2. The minimum Gasteiger partial charge on any atom is -0.507 e. The fraction of sp³-hybridized carbons (Fsp3) is 0.188. The van der Waals surface area contributed by atoms with Crippen molar-refractivity contribution in [3.8, 4) is 5.75 Å². The molecular formula is C16H15Cl2NO4S. The molecular weight excluding hydrogens is 373 g/mol. The van der Waals surface area contributed by atoms with Crippen molar-refractivity contribution in [3.63, 3.8) is 0 Å². The molecule has 2 rings (SSSR count). The van der Waals surface area contributed by atoms with Gasteiger partial charge in [-0.3, -0.25) is 0 Å². The SMILES string of the molecule is COCCOC(=O)c1ccc(NSc2cc(Cl)cc(Cl)c2)cc1O. The molecule has 2 aromatic rings. The molecule has 8 heteroatoms. The number of anilines is 1. The largest absolute Gasteiger partial charge is 0.507 e. The van der Waals surface area contributed by atoms with Crippen LogP contribution >= 0.6 is 35.1 Å². The van der Waals surface area contributed by atoms with Gasteiger partial charge in [-0.05, 0) is 42.3 Å². The number of halogens is 2. The van der Waals surface area contributed by atoms with Gasteiger partial charge >= 0.3 is 5.97 Å². The third kappa shape index (κ3) is 5.49. The van der Waals surface area contributed by atoms with E-state index in [-0.39, 0.29) is 17.9 Å². The van der Waals surface area contributed by atoms with Crippen molar-refractivity contribution in [1.29, 1.82) is 0 Å². The summed E-state index contributed by atoms with van der Waals surface area (Å²) in [6, 6.07) is 9.73. The maximum atomic E-state index is 11.8. The highest BCUT2D eigenvalue weighted by Gasteiger charge is 2.13. The number of carbonyl (C=O) groups is 1. The Morgan fingerprint density at radius 1 is 1.17 bits per heavy atom. The molecule has 0 bridgehead atoms. The molecule has 0 atom stereocenters. The Bertz CT molecular complexity index is 707. The number of aromatic hydroxyl groups is 1. The summed E-state index contributed by atoms with van der Waals surface area (Å²) in [6.07, 6.45) is 0. The Morgan fingerprint density at radius 3 is 2.50 bits per heavy atom. The second kappa shape index (κ2) is 9.03. The molecule has 0 radical (unpaired) electrons. The fourth-order valence-corrected chi connectivity index (χ4v) is 3.16. The van der Waals surface area contributed by atoms with Crippen LogP contribution in [0.25, 0.3) is 0 Å². The predicted molar refractivity (Wildman–Crippen MR) is 96.2 cm³/mol. The van der Waals surface area contributed by atoms with Gasteiger partial charge in [0.05, 0.1) is 6.61 Å². The molecule has 0 fully saturated rings. The van der Waals surface area contributed by atoms with Crippen molar-refractivity contribution < 1.29 is 19.4 Å². The number of benzene rings is 2. The van der Waals surface area contributed by atoms with E-state index >= 15 is 0 Å². The van der Waals surface area contributed by atoms with Crippen LogP contribution in [0.15, 0.2) is 41.3 Å². The highest BCUT2D eigenvalue weighted by atomic mass is 35.5. The molecule has 0 aliphatic carbocycles. The van der Waals surface area contributed by atoms with E-state index in [4.69, 9.17) is 32.7 Å². The molecule has 128 valence electrons. The van der Waals surface area contributed by atoms with Gasteiger partial charge in [0.15, 0.2) is 0 Å². The topological polar surface area (TPSA) is 67.8 Å². The molecule has 24 heavy (non-hydrogen) atoms. The van der Waals surface area contributed by atoms with Gasteiger partial charge in [0.25, 0.3) is 0 Å². The molecule has 0 unspecified atom stereocenters. The van der Waals surface area contributed by atoms with Gasteiger partial charge in [-0.25, -0.2) is 4.79 Å². The summed E-state index contributed by atoms with van der Waals surface area (Å²) in [5, 5.41) is 11.0. The lowest BCUT2D eigenvalue weighted by molar-refractivity contribution is 0.0385. The van der Waals surface area contributed by atoms with Gasteiger partial charge in [0.2, 0.25) is 0 Å². The molecule has 0 heterocycles. The Hall–Kier alpha value is -1.60. The number of nitrogens with one attached hydrogen (secondary N) is 1. The number of phenols is 1. The molecule has 0 saturated heterocycles. The van der Waals surface area contributed by atoms with E-state index in [0.29, 0.717) is 22.3 Å². The van der Waals surface area contributed by atoms with E-state index in [2.05, 4.69) is 4.72 Å². The highest BCUT2D eigenvalue weighted by molar-refractivity contribution is 8.00. The number of hydrogen-bond acceptors (Lipinski definition) is 6. The van der Waals surface area contributed by atoms with Crippen molar-refractivity contribution >= 4 is 46.8 Å². The van der Waals surface area contributed by atoms with Crippen LogP contribution in [0.3, 0.4) is 0 Å². The van der Waals surface area contributed by atoms with Crippen molar-refractivity contribution in [3.05, 3.63) is 52.0 Å². The monoisotopic (exact) mass is 387 g/mol. The number of phenolic OH excluding ortho intramolecular Hbond substituents is 1. The van der Waals surface area contributed by atoms with Crippen LogP contribution in [-0.2, 0) is 9.47 Å². The van der Waals surface area contributed by atoms with Crippen LogP contribution in [0.5, 0.6) is 5.75 Å². The first-order valence-electron chi connectivity index (χ1n) is 6.87. The van der Waals surface area contributed by atoms with Crippen LogP contribution in [0.2, 0.25) is 10.0 Å². The van der Waals surface area contributed by atoms with Crippen LogP contribution in [0, 0.1) is 0 Å². The molecule has 2 aromatic carbocycles. The van der Waals surface area contributed by atoms with E-state index in [0.717, 1.165) is 4.90 Å². The van der Waals surface area contributed by atoms with Gasteiger partial charge in [-0.2, -0.15) is 0 Å². The van der Waals surface area contributed by atoms with Crippen molar-refractivity contribution in [1.82, 2.24) is 0 Å². The van der Waals surface area contributed by atoms with E-state index in [9.17, 15) is 9.90 Å². The van der Waals surface area contributed by atoms with Crippen LogP contribution in [0.4, 0.5) is 5.69 Å². The highest BCUT2D eigenvalue weighted by Crippen LogP contribution is 2.29. The standard InChI is InChI=1S/C16H15Cl2NO4S/c1-22-4-5-23-16(21)14-3-2-12(9-15(14)20)19-24-13-7-10(17)6-11(18)8-13/h2-3,6-9,19-20H,4-5H2,1H3. The predicted octanol–water partition coefficient (Wildman–Crippen LogP) is 4.62. The molecule has 0 aliphatic rings. The minimum absolute atomic E-state index is 0.0902. The average molecular weight is 388 g/mol. The summed E-state index contributed by atoms with van der Waals surface area (Å²) in [5.74, 6) is -0.780. The molecule has 0 spiro atoms.